The van der Waals surface area contributed by atoms with E-state index in [1.807, 2.05) is 59.3 Å². The molecule has 0 aliphatic heterocycles. The van der Waals surface area contributed by atoms with Crippen molar-refractivity contribution in [2.75, 3.05) is 7.11 Å². The van der Waals surface area contributed by atoms with Crippen LogP contribution in [0.5, 0.6) is 11.5 Å². The van der Waals surface area contributed by atoms with E-state index in [0.717, 1.165) is 36.1 Å². The Kier molecular flexibility index (Phi) is 11.1. The number of benzene rings is 2. The van der Waals surface area contributed by atoms with Gasteiger partial charge in [0.05, 0.1) is 37.2 Å². The summed E-state index contributed by atoms with van der Waals surface area (Å²) in [4.78, 5) is 30.7. The van der Waals surface area contributed by atoms with E-state index in [0.29, 0.717) is 42.0 Å². The highest BCUT2D eigenvalue weighted by molar-refractivity contribution is 5.94. The number of nitrogens with zero attached hydrogens (tertiary/aromatic N) is 3. The van der Waals surface area contributed by atoms with E-state index in [-0.39, 0.29) is 42.8 Å². The molecule has 10 heteroatoms. The molecule has 5 rings (SSSR count). The van der Waals surface area contributed by atoms with Gasteiger partial charge in [-0.1, -0.05) is 70.0 Å². The number of nitrogens with one attached hydrogen (secondary N) is 2. The third-order valence-electron chi connectivity index (χ3n) is 8.37. The molecule has 3 atom stereocenters. The Hall–Kier alpha value is -4.60. The first-order chi connectivity index (χ1) is 22.3. The first-order valence-electron chi connectivity index (χ1n) is 16.2. The van der Waals surface area contributed by atoms with Gasteiger partial charge < -0.3 is 24.5 Å². The van der Waals surface area contributed by atoms with Gasteiger partial charge in [0.25, 0.3) is 5.91 Å². The molecule has 4 aromatic rings. The average Bonchev–Trinajstić information content (AvgIpc) is 3.73. The van der Waals surface area contributed by atoms with E-state index in [1.165, 1.54) is 18.9 Å². The summed E-state index contributed by atoms with van der Waals surface area (Å²) >= 11 is 0. The van der Waals surface area contributed by atoms with Crippen molar-refractivity contribution in [3.8, 4) is 22.8 Å². The molecule has 2 aromatic heterocycles. The van der Waals surface area contributed by atoms with Crippen molar-refractivity contribution in [3.05, 3.63) is 84.2 Å². The Morgan fingerprint density at radius 2 is 1.89 bits per heavy atom. The second kappa shape index (κ2) is 15.6. The Bertz CT molecular complexity index is 1570. The number of oxazole rings is 1. The van der Waals surface area contributed by atoms with Crippen molar-refractivity contribution in [1.82, 2.24) is 25.4 Å². The van der Waals surface area contributed by atoms with Crippen LogP contribution in [0, 0.1) is 11.8 Å². The first-order valence-corrected chi connectivity index (χ1v) is 16.2. The molecule has 2 amide bonds. The van der Waals surface area contributed by atoms with Crippen LogP contribution in [0.15, 0.2) is 71.5 Å². The van der Waals surface area contributed by atoms with Crippen LogP contribution < -0.4 is 20.1 Å². The molecule has 1 aliphatic carbocycles. The molecule has 0 spiro atoms. The summed E-state index contributed by atoms with van der Waals surface area (Å²) in [5, 5.41) is 10.9. The van der Waals surface area contributed by atoms with Gasteiger partial charge in [-0.3, -0.25) is 14.3 Å². The predicted octanol–water partition coefficient (Wildman–Crippen LogP) is 6.73. The average molecular weight is 628 g/mol. The molecule has 1 aliphatic rings. The van der Waals surface area contributed by atoms with E-state index < -0.39 is 0 Å². The normalized spacial score (nSPS) is 17.0. The van der Waals surface area contributed by atoms with Crippen molar-refractivity contribution < 1.29 is 23.5 Å². The minimum absolute atomic E-state index is 0.125. The van der Waals surface area contributed by atoms with Crippen molar-refractivity contribution in [3.63, 3.8) is 0 Å². The van der Waals surface area contributed by atoms with Crippen LogP contribution in [0.1, 0.15) is 87.3 Å². The van der Waals surface area contributed by atoms with Crippen molar-refractivity contribution in [2.45, 2.75) is 84.5 Å². The Morgan fingerprint density at radius 3 is 2.61 bits per heavy atom. The number of carbonyl (C=O) groups excluding carboxylic acids is 2. The first kappa shape index (κ1) is 32.8. The van der Waals surface area contributed by atoms with Crippen LogP contribution in [-0.2, 0) is 17.9 Å². The Morgan fingerprint density at radius 1 is 1.09 bits per heavy atom. The number of rotatable bonds is 14. The molecular weight excluding hydrogens is 582 g/mol. The van der Waals surface area contributed by atoms with Gasteiger partial charge in [0.1, 0.15) is 24.4 Å². The van der Waals surface area contributed by atoms with Crippen LogP contribution in [0.4, 0.5) is 0 Å². The molecule has 46 heavy (non-hydrogen) atoms. The summed E-state index contributed by atoms with van der Waals surface area (Å²) in [6.45, 7) is 6.98. The largest absolute Gasteiger partial charge is 0.496 e. The quantitative estimate of drug-likeness (QED) is 0.159. The Balaban J connectivity index is 1.43. The van der Waals surface area contributed by atoms with Crippen LogP contribution >= 0.6 is 0 Å². The van der Waals surface area contributed by atoms with Gasteiger partial charge in [-0.2, -0.15) is 5.10 Å². The van der Waals surface area contributed by atoms with Crippen LogP contribution in [-0.4, -0.2) is 39.7 Å². The van der Waals surface area contributed by atoms with Crippen LogP contribution in [0.25, 0.3) is 11.3 Å². The highest BCUT2D eigenvalue weighted by Gasteiger charge is 2.29. The molecule has 2 unspecified atom stereocenters. The zero-order chi connectivity index (χ0) is 32.5. The summed E-state index contributed by atoms with van der Waals surface area (Å²) < 4.78 is 19.4. The molecule has 2 heterocycles. The number of hydrogen-bond donors (Lipinski definition) is 2. The SMILES string of the molecule is COc1cccc(OCc2ccccc2)c1-c1cc(C(=O)N[C@H](CC(=O)NCc2ncco2)CC(C)C)nn1C1CCCC(C)C1. The van der Waals surface area contributed by atoms with E-state index in [9.17, 15) is 9.59 Å². The van der Waals surface area contributed by atoms with Gasteiger partial charge in [0, 0.05) is 12.5 Å². The van der Waals surface area contributed by atoms with Crippen LogP contribution in [0.2, 0.25) is 0 Å². The van der Waals surface area contributed by atoms with Crippen molar-refractivity contribution in [2.24, 2.45) is 11.8 Å². The van der Waals surface area contributed by atoms with Gasteiger partial charge >= 0.3 is 0 Å². The summed E-state index contributed by atoms with van der Waals surface area (Å²) in [6, 6.07) is 17.3. The van der Waals surface area contributed by atoms with Gasteiger partial charge in [-0.05, 0) is 54.9 Å². The fourth-order valence-corrected chi connectivity index (χ4v) is 6.22. The molecule has 2 aromatic carbocycles. The smallest absolute Gasteiger partial charge is 0.272 e. The fraction of sp³-hybridized carbons (Fsp3) is 0.444. The maximum absolute atomic E-state index is 13.9. The van der Waals surface area contributed by atoms with Crippen LogP contribution in [0.3, 0.4) is 0 Å². The molecule has 0 bridgehead atoms. The summed E-state index contributed by atoms with van der Waals surface area (Å²) in [7, 11) is 1.64. The number of aromatic nitrogens is 3. The minimum atomic E-state index is -0.378. The highest BCUT2D eigenvalue weighted by Crippen LogP contribution is 2.42. The predicted molar refractivity (Wildman–Crippen MR) is 175 cm³/mol. The number of hydrogen-bond acceptors (Lipinski definition) is 7. The lowest BCUT2D eigenvalue weighted by Gasteiger charge is -2.29. The van der Waals surface area contributed by atoms with Gasteiger partial charge in [-0.15, -0.1) is 0 Å². The summed E-state index contributed by atoms with van der Waals surface area (Å²) in [6.07, 6.45) is 7.96. The standard InChI is InChI=1S/C36H45N5O5/c1-24(2)18-27(20-33(42)38-22-34-37-16-17-45-34)39-36(43)29-21-30(41(40-29)28-13-8-10-25(3)19-28)35-31(44-4)14-9-15-32(35)46-23-26-11-6-5-7-12-26/h5-7,9,11-12,14-17,21,24-25,27-28H,8,10,13,18-20,22-23H2,1-4H3,(H,38,42)(H,39,43)/t25?,27-,28?/m0/s1. The highest BCUT2D eigenvalue weighted by atomic mass is 16.5. The zero-order valence-corrected chi connectivity index (χ0v) is 27.2. The Labute approximate surface area is 270 Å². The van der Waals surface area contributed by atoms with E-state index in [2.05, 4.69) is 36.4 Å². The topological polar surface area (TPSA) is 121 Å². The van der Waals surface area contributed by atoms with Gasteiger partial charge in [-0.25, -0.2) is 4.98 Å². The third kappa shape index (κ3) is 8.56. The van der Waals surface area contributed by atoms with E-state index in [1.54, 1.807) is 7.11 Å². The van der Waals surface area contributed by atoms with E-state index >= 15 is 0 Å². The third-order valence-corrected chi connectivity index (χ3v) is 8.37. The second-order valence-corrected chi connectivity index (χ2v) is 12.6. The molecule has 10 nitrogen and oxygen atoms in total. The van der Waals surface area contributed by atoms with Crippen molar-refractivity contribution >= 4 is 11.8 Å². The molecule has 1 saturated carbocycles. The number of carbonyl (C=O) groups is 2. The zero-order valence-electron chi connectivity index (χ0n) is 27.2. The molecule has 0 saturated heterocycles. The number of methoxy groups -OCH3 is 1. The molecular formula is C36H45N5O5. The van der Waals surface area contributed by atoms with Crippen molar-refractivity contribution in [1.29, 1.82) is 0 Å². The lowest BCUT2D eigenvalue weighted by Crippen LogP contribution is -2.40. The lowest BCUT2D eigenvalue weighted by molar-refractivity contribution is -0.121. The number of ether oxygens (including phenoxy) is 2. The summed E-state index contributed by atoms with van der Waals surface area (Å²) in [5.74, 6) is 2.02. The molecule has 244 valence electrons. The molecule has 0 radical (unpaired) electrons. The molecule has 1 fully saturated rings. The number of amides is 2. The molecule has 2 N–H and O–H groups in total. The summed E-state index contributed by atoms with van der Waals surface area (Å²) in [5.41, 5.74) is 2.87. The minimum Gasteiger partial charge on any atom is -0.496 e. The maximum atomic E-state index is 13.9. The monoisotopic (exact) mass is 627 g/mol. The van der Waals surface area contributed by atoms with Gasteiger partial charge in [0.15, 0.2) is 5.69 Å². The lowest BCUT2D eigenvalue weighted by atomic mass is 9.87. The van der Waals surface area contributed by atoms with E-state index in [4.69, 9.17) is 19.0 Å². The van der Waals surface area contributed by atoms with Gasteiger partial charge in [0.2, 0.25) is 11.8 Å². The second-order valence-electron chi connectivity index (χ2n) is 12.6. The fourth-order valence-electron chi connectivity index (χ4n) is 6.22. The maximum Gasteiger partial charge on any atom is 0.272 e.